The van der Waals surface area contributed by atoms with Crippen molar-refractivity contribution in [2.75, 3.05) is 0 Å². The largest absolute Gasteiger partial charge is 0.550 e. The molecule has 3 rings (SSSR count). The lowest BCUT2D eigenvalue weighted by Crippen LogP contribution is -2.22. The summed E-state index contributed by atoms with van der Waals surface area (Å²) in [6.07, 6.45) is 1.08. The Morgan fingerprint density at radius 3 is 2.61 bits per heavy atom. The lowest BCUT2D eigenvalue weighted by atomic mass is 10.0. The van der Waals surface area contributed by atoms with Gasteiger partial charge in [0.15, 0.2) is 0 Å². The van der Waals surface area contributed by atoms with E-state index in [0.29, 0.717) is 0 Å². The lowest BCUT2D eigenvalue weighted by molar-refractivity contribution is -0.305. The summed E-state index contributed by atoms with van der Waals surface area (Å²) in [4.78, 5) is 22.0. The topological polar surface area (TPSA) is 66.4 Å². The van der Waals surface area contributed by atoms with Crippen molar-refractivity contribution in [2.24, 2.45) is 0 Å². The Balaban J connectivity index is 1.65. The number of ether oxygens (including phenoxy) is 1. The number of aliphatic carboxylic acids is 1. The summed E-state index contributed by atoms with van der Waals surface area (Å²) in [5.41, 5.74) is 5.94. The first-order valence-corrected chi connectivity index (χ1v) is 7.69. The van der Waals surface area contributed by atoms with Crippen molar-refractivity contribution in [2.45, 2.75) is 32.3 Å². The molecule has 0 aliphatic heterocycles. The van der Waals surface area contributed by atoms with E-state index in [-0.39, 0.29) is 31.8 Å². The SMILES string of the molecule is O=C([O-])CCCC(=O)OCc1cccc2c1Cc1ccccc1-2. The van der Waals surface area contributed by atoms with Crippen LogP contribution in [0.25, 0.3) is 11.1 Å². The highest BCUT2D eigenvalue weighted by Gasteiger charge is 2.20. The van der Waals surface area contributed by atoms with Crippen LogP contribution in [0.1, 0.15) is 36.0 Å². The molecule has 0 saturated heterocycles. The summed E-state index contributed by atoms with van der Waals surface area (Å²) >= 11 is 0. The number of carbonyl (C=O) groups is 2. The van der Waals surface area contributed by atoms with E-state index in [1.807, 2.05) is 24.3 Å². The van der Waals surface area contributed by atoms with Crippen LogP contribution in [0.5, 0.6) is 0 Å². The Kier molecular flexibility index (Phi) is 4.42. The molecule has 0 bridgehead atoms. The first kappa shape index (κ1) is 15.3. The van der Waals surface area contributed by atoms with Crippen molar-refractivity contribution < 1.29 is 19.4 Å². The number of rotatable bonds is 6. The van der Waals surface area contributed by atoms with Crippen LogP contribution >= 0.6 is 0 Å². The van der Waals surface area contributed by atoms with Gasteiger partial charge in [0.25, 0.3) is 0 Å². The third-order valence-electron chi connectivity index (χ3n) is 4.10. The van der Waals surface area contributed by atoms with Crippen molar-refractivity contribution in [3.63, 3.8) is 0 Å². The van der Waals surface area contributed by atoms with Gasteiger partial charge in [0.1, 0.15) is 6.61 Å². The molecule has 4 heteroatoms. The van der Waals surface area contributed by atoms with E-state index in [9.17, 15) is 14.7 Å². The van der Waals surface area contributed by atoms with Gasteiger partial charge < -0.3 is 14.6 Å². The second kappa shape index (κ2) is 6.65. The predicted octanol–water partition coefficient (Wildman–Crippen LogP) is 2.22. The predicted molar refractivity (Wildman–Crippen MR) is 83.3 cm³/mol. The molecule has 0 unspecified atom stereocenters. The van der Waals surface area contributed by atoms with Crippen LogP contribution < -0.4 is 5.11 Å². The minimum atomic E-state index is -1.14. The zero-order valence-electron chi connectivity index (χ0n) is 12.7. The summed E-state index contributed by atoms with van der Waals surface area (Å²) in [7, 11) is 0. The van der Waals surface area contributed by atoms with Gasteiger partial charge in [0.2, 0.25) is 0 Å². The molecular weight excluding hydrogens is 292 g/mol. The zero-order chi connectivity index (χ0) is 16.2. The van der Waals surface area contributed by atoms with E-state index in [0.717, 1.165) is 12.0 Å². The van der Waals surface area contributed by atoms with Crippen LogP contribution in [0, 0.1) is 0 Å². The van der Waals surface area contributed by atoms with Crippen molar-refractivity contribution in [3.05, 3.63) is 59.2 Å². The lowest BCUT2D eigenvalue weighted by Gasteiger charge is -2.10. The Labute approximate surface area is 134 Å². The number of carboxylic acids is 1. The fourth-order valence-electron chi connectivity index (χ4n) is 2.97. The van der Waals surface area contributed by atoms with Crippen LogP contribution in [0.15, 0.2) is 42.5 Å². The molecule has 118 valence electrons. The highest BCUT2D eigenvalue weighted by molar-refractivity contribution is 5.78. The molecule has 0 saturated carbocycles. The third kappa shape index (κ3) is 3.42. The van der Waals surface area contributed by atoms with Gasteiger partial charge >= 0.3 is 5.97 Å². The summed E-state index contributed by atoms with van der Waals surface area (Å²) in [6.45, 7) is 0.224. The van der Waals surface area contributed by atoms with Crippen molar-refractivity contribution in [1.29, 1.82) is 0 Å². The number of hydrogen-bond acceptors (Lipinski definition) is 4. The van der Waals surface area contributed by atoms with Crippen LogP contribution in [0.4, 0.5) is 0 Å². The highest BCUT2D eigenvalue weighted by Crippen LogP contribution is 2.38. The zero-order valence-corrected chi connectivity index (χ0v) is 12.7. The van der Waals surface area contributed by atoms with Crippen LogP contribution in [-0.2, 0) is 27.4 Å². The van der Waals surface area contributed by atoms with Crippen LogP contribution in [0.3, 0.4) is 0 Å². The maximum atomic E-state index is 11.7. The van der Waals surface area contributed by atoms with Crippen molar-refractivity contribution in [1.82, 2.24) is 0 Å². The van der Waals surface area contributed by atoms with Gasteiger partial charge in [0.05, 0.1) is 0 Å². The number of esters is 1. The monoisotopic (exact) mass is 309 g/mol. The first-order valence-electron chi connectivity index (χ1n) is 7.69. The summed E-state index contributed by atoms with van der Waals surface area (Å²) in [5, 5.41) is 10.3. The Hall–Kier alpha value is -2.62. The Morgan fingerprint density at radius 2 is 1.78 bits per heavy atom. The molecular formula is C19H17O4-. The molecule has 2 aromatic carbocycles. The Bertz CT molecular complexity index is 749. The molecule has 0 atom stereocenters. The molecule has 1 aliphatic carbocycles. The van der Waals surface area contributed by atoms with E-state index >= 15 is 0 Å². The van der Waals surface area contributed by atoms with Crippen molar-refractivity contribution in [3.8, 4) is 11.1 Å². The van der Waals surface area contributed by atoms with Gasteiger partial charge in [-0.15, -0.1) is 0 Å². The van der Waals surface area contributed by atoms with E-state index < -0.39 is 5.97 Å². The van der Waals surface area contributed by atoms with Gasteiger partial charge in [-0.2, -0.15) is 0 Å². The second-order valence-corrected chi connectivity index (χ2v) is 5.66. The molecule has 0 aromatic heterocycles. The summed E-state index contributed by atoms with van der Waals surface area (Å²) in [5.74, 6) is -1.52. The number of benzene rings is 2. The molecule has 0 fully saturated rings. The smallest absolute Gasteiger partial charge is 0.306 e. The fraction of sp³-hybridized carbons (Fsp3) is 0.263. The maximum Gasteiger partial charge on any atom is 0.306 e. The average molecular weight is 309 g/mol. The molecule has 23 heavy (non-hydrogen) atoms. The highest BCUT2D eigenvalue weighted by atomic mass is 16.5. The fourth-order valence-corrected chi connectivity index (χ4v) is 2.97. The van der Waals surface area contributed by atoms with E-state index in [1.54, 1.807) is 0 Å². The number of carbonyl (C=O) groups excluding carboxylic acids is 2. The minimum Gasteiger partial charge on any atom is -0.550 e. The average Bonchev–Trinajstić information content (AvgIpc) is 2.92. The Morgan fingerprint density at radius 1 is 1.00 bits per heavy atom. The maximum absolute atomic E-state index is 11.7. The number of hydrogen-bond donors (Lipinski definition) is 0. The van der Waals surface area contributed by atoms with E-state index in [2.05, 4.69) is 18.2 Å². The van der Waals surface area contributed by atoms with Gasteiger partial charge in [0, 0.05) is 12.4 Å². The molecule has 0 heterocycles. The van der Waals surface area contributed by atoms with Gasteiger partial charge in [-0.05, 0) is 47.1 Å². The third-order valence-corrected chi connectivity index (χ3v) is 4.10. The van der Waals surface area contributed by atoms with Crippen LogP contribution in [0.2, 0.25) is 0 Å². The van der Waals surface area contributed by atoms with Crippen molar-refractivity contribution >= 4 is 11.9 Å². The van der Waals surface area contributed by atoms with Crippen LogP contribution in [-0.4, -0.2) is 11.9 Å². The quantitative estimate of drug-likeness (QED) is 0.655. The van der Waals surface area contributed by atoms with Gasteiger partial charge in [-0.3, -0.25) is 4.79 Å². The van der Waals surface area contributed by atoms with E-state index in [4.69, 9.17) is 4.74 Å². The molecule has 0 N–H and O–H groups in total. The number of fused-ring (bicyclic) bond motifs is 3. The standard InChI is InChI=1S/C19H18O4/c20-18(21)9-4-10-19(22)23-12-14-6-3-8-16-15-7-2-1-5-13(15)11-17(14)16/h1-3,5-8H,4,9-12H2,(H,20,21)/p-1. The number of carboxylic acid groups (broad SMARTS) is 1. The molecule has 0 radical (unpaired) electrons. The summed E-state index contributed by atoms with van der Waals surface area (Å²) in [6, 6.07) is 14.3. The second-order valence-electron chi connectivity index (χ2n) is 5.66. The summed E-state index contributed by atoms with van der Waals surface area (Å²) < 4.78 is 5.28. The normalized spacial score (nSPS) is 11.7. The van der Waals surface area contributed by atoms with Gasteiger partial charge in [-0.25, -0.2) is 0 Å². The molecule has 4 nitrogen and oxygen atoms in total. The van der Waals surface area contributed by atoms with E-state index in [1.165, 1.54) is 22.3 Å². The van der Waals surface area contributed by atoms with Gasteiger partial charge in [-0.1, -0.05) is 42.5 Å². The molecule has 0 amide bonds. The molecule has 0 spiro atoms. The molecule has 1 aliphatic rings. The minimum absolute atomic E-state index is 0.100. The first-order chi connectivity index (χ1) is 11.1. The molecule has 2 aromatic rings.